The van der Waals surface area contributed by atoms with Gasteiger partial charge in [0.1, 0.15) is 12.1 Å². The summed E-state index contributed by atoms with van der Waals surface area (Å²) in [7, 11) is 1.59. The number of nitrogens with one attached hydrogen (secondary N) is 1. The van der Waals surface area contributed by atoms with Gasteiger partial charge in [-0.25, -0.2) is 9.97 Å². The standard InChI is InChI=1S/C13H16BrN3O2/c1-3-15-10(11-4-5-12(14)19-11)6-9-7-13(18-2)17-8-16-9/h4-5,7-8,10,15H,3,6H2,1-2H3. The minimum absolute atomic E-state index is 0.0795. The first-order valence-electron chi connectivity index (χ1n) is 6.06. The van der Waals surface area contributed by atoms with Crippen molar-refractivity contribution in [2.75, 3.05) is 13.7 Å². The summed E-state index contributed by atoms with van der Waals surface area (Å²) in [6.45, 7) is 2.91. The van der Waals surface area contributed by atoms with Crippen molar-refractivity contribution in [2.45, 2.75) is 19.4 Å². The van der Waals surface area contributed by atoms with E-state index in [9.17, 15) is 0 Å². The van der Waals surface area contributed by atoms with Crippen LogP contribution in [0.15, 0.2) is 33.6 Å². The molecule has 0 saturated heterocycles. The maximum Gasteiger partial charge on any atom is 0.216 e. The second-order valence-corrected chi connectivity index (χ2v) is 4.79. The average Bonchev–Trinajstić information content (AvgIpc) is 2.85. The third-order valence-electron chi connectivity index (χ3n) is 2.71. The van der Waals surface area contributed by atoms with Gasteiger partial charge in [-0.15, -0.1) is 0 Å². The highest BCUT2D eigenvalue weighted by Crippen LogP contribution is 2.23. The molecular weight excluding hydrogens is 310 g/mol. The van der Waals surface area contributed by atoms with E-state index >= 15 is 0 Å². The third-order valence-corrected chi connectivity index (χ3v) is 3.14. The highest BCUT2D eigenvalue weighted by Gasteiger charge is 2.16. The zero-order chi connectivity index (χ0) is 13.7. The zero-order valence-electron chi connectivity index (χ0n) is 10.9. The van der Waals surface area contributed by atoms with Gasteiger partial charge in [-0.1, -0.05) is 6.92 Å². The van der Waals surface area contributed by atoms with Crippen molar-refractivity contribution in [3.63, 3.8) is 0 Å². The fraction of sp³-hybridized carbons (Fsp3) is 0.385. The summed E-state index contributed by atoms with van der Waals surface area (Å²) in [5.74, 6) is 1.45. The predicted octanol–water partition coefficient (Wildman–Crippen LogP) is 2.73. The Hall–Kier alpha value is -1.40. The number of nitrogens with zero attached hydrogens (tertiary/aromatic N) is 2. The lowest BCUT2D eigenvalue weighted by Crippen LogP contribution is -2.23. The maximum absolute atomic E-state index is 5.61. The van der Waals surface area contributed by atoms with E-state index < -0.39 is 0 Å². The van der Waals surface area contributed by atoms with E-state index in [1.807, 2.05) is 18.2 Å². The van der Waals surface area contributed by atoms with Gasteiger partial charge in [0.25, 0.3) is 0 Å². The summed E-state index contributed by atoms with van der Waals surface area (Å²) < 4.78 is 11.4. The molecule has 2 aromatic heterocycles. The van der Waals surface area contributed by atoms with Crippen LogP contribution in [0.25, 0.3) is 0 Å². The molecule has 1 N–H and O–H groups in total. The fourth-order valence-corrected chi connectivity index (χ4v) is 2.16. The van der Waals surface area contributed by atoms with Crippen molar-refractivity contribution < 1.29 is 9.15 Å². The van der Waals surface area contributed by atoms with Crippen molar-refractivity contribution in [1.29, 1.82) is 0 Å². The van der Waals surface area contributed by atoms with Gasteiger partial charge in [-0.05, 0) is 34.6 Å². The lowest BCUT2D eigenvalue weighted by molar-refractivity contribution is 0.390. The molecule has 2 heterocycles. The minimum Gasteiger partial charge on any atom is -0.481 e. The predicted molar refractivity (Wildman–Crippen MR) is 75.1 cm³/mol. The first kappa shape index (κ1) is 14.0. The lowest BCUT2D eigenvalue weighted by Gasteiger charge is -2.15. The van der Waals surface area contributed by atoms with Crippen LogP contribution in [0.5, 0.6) is 5.88 Å². The molecule has 0 aliphatic carbocycles. The van der Waals surface area contributed by atoms with E-state index in [0.717, 1.165) is 22.7 Å². The van der Waals surface area contributed by atoms with Crippen LogP contribution in [0, 0.1) is 0 Å². The Bertz CT molecular complexity index is 530. The van der Waals surface area contributed by atoms with E-state index in [1.54, 1.807) is 7.11 Å². The Morgan fingerprint density at radius 3 is 2.89 bits per heavy atom. The number of halogens is 1. The minimum atomic E-state index is 0.0795. The van der Waals surface area contributed by atoms with E-state index in [2.05, 4.69) is 38.1 Å². The lowest BCUT2D eigenvalue weighted by atomic mass is 10.1. The van der Waals surface area contributed by atoms with Gasteiger partial charge >= 0.3 is 0 Å². The van der Waals surface area contributed by atoms with Gasteiger partial charge in [0, 0.05) is 18.2 Å². The second-order valence-electron chi connectivity index (χ2n) is 4.01. The molecule has 0 amide bonds. The number of hydrogen-bond donors (Lipinski definition) is 1. The van der Waals surface area contributed by atoms with Gasteiger partial charge in [0.15, 0.2) is 4.67 Å². The molecule has 5 nitrogen and oxygen atoms in total. The van der Waals surface area contributed by atoms with Crippen LogP contribution in [0.3, 0.4) is 0 Å². The monoisotopic (exact) mass is 325 g/mol. The zero-order valence-corrected chi connectivity index (χ0v) is 12.5. The average molecular weight is 326 g/mol. The van der Waals surface area contributed by atoms with Crippen molar-refractivity contribution in [3.05, 3.63) is 40.7 Å². The van der Waals surface area contributed by atoms with E-state index in [0.29, 0.717) is 12.3 Å². The van der Waals surface area contributed by atoms with Crippen LogP contribution >= 0.6 is 15.9 Å². The molecule has 6 heteroatoms. The van der Waals surface area contributed by atoms with Crippen molar-refractivity contribution in [2.24, 2.45) is 0 Å². The van der Waals surface area contributed by atoms with Crippen molar-refractivity contribution in [1.82, 2.24) is 15.3 Å². The molecule has 0 fully saturated rings. The number of ether oxygens (including phenoxy) is 1. The summed E-state index contributed by atoms with van der Waals surface area (Å²) in [4.78, 5) is 8.26. The summed E-state index contributed by atoms with van der Waals surface area (Å²) in [5, 5.41) is 3.38. The van der Waals surface area contributed by atoms with Crippen LogP contribution in [0.2, 0.25) is 0 Å². The van der Waals surface area contributed by atoms with E-state index in [1.165, 1.54) is 6.33 Å². The summed E-state index contributed by atoms with van der Waals surface area (Å²) >= 11 is 3.32. The largest absolute Gasteiger partial charge is 0.481 e. The summed E-state index contributed by atoms with van der Waals surface area (Å²) in [6.07, 6.45) is 2.22. The fourth-order valence-electron chi connectivity index (χ4n) is 1.84. The maximum atomic E-state index is 5.61. The molecule has 0 bridgehead atoms. The van der Waals surface area contributed by atoms with Crippen molar-refractivity contribution >= 4 is 15.9 Å². The first-order valence-corrected chi connectivity index (χ1v) is 6.85. The van der Waals surface area contributed by atoms with Gasteiger partial charge in [-0.2, -0.15) is 0 Å². The molecule has 0 spiro atoms. The van der Waals surface area contributed by atoms with Crippen molar-refractivity contribution in [3.8, 4) is 5.88 Å². The summed E-state index contributed by atoms with van der Waals surface area (Å²) in [5.41, 5.74) is 0.908. The molecule has 102 valence electrons. The number of aromatic nitrogens is 2. The SMILES string of the molecule is CCNC(Cc1cc(OC)ncn1)c1ccc(Br)o1. The Balaban J connectivity index is 2.16. The first-order chi connectivity index (χ1) is 9.22. The third kappa shape index (κ3) is 3.78. The Morgan fingerprint density at radius 2 is 2.26 bits per heavy atom. The molecular formula is C13H16BrN3O2. The molecule has 0 radical (unpaired) electrons. The van der Waals surface area contributed by atoms with E-state index in [4.69, 9.17) is 9.15 Å². The van der Waals surface area contributed by atoms with Gasteiger partial charge in [0.05, 0.1) is 13.2 Å². The number of likely N-dealkylation sites (N-methyl/N-ethyl adjacent to an activating group) is 1. The molecule has 19 heavy (non-hydrogen) atoms. The van der Waals surface area contributed by atoms with E-state index in [-0.39, 0.29) is 6.04 Å². The smallest absolute Gasteiger partial charge is 0.216 e. The molecule has 2 aromatic rings. The highest BCUT2D eigenvalue weighted by molar-refractivity contribution is 9.10. The van der Waals surface area contributed by atoms with Crippen LogP contribution < -0.4 is 10.1 Å². The molecule has 0 aromatic carbocycles. The molecule has 1 atom stereocenters. The number of furan rings is 1. The van der Waals surface area contributed by atoms with Crippen LogP contribution in [-0.2, 0) is 6.42 Å². The quantitative estimate of drug-likeness (QED) is 0.884. The van der Waals surface area contributed by atoms with Crippen LogP contribution in [0.4, 0.5) is 0 Å². The summed E-state index contributed by atoms with van der Waals surface area (Å²) in [6, 6.07) is 5.76. The van der Waals surface area contributed by atoms with Gasteiger partial charge < -0.3 is 14.5 Å². The number of hydrogen-bond acceptors (Lipinski definition) is 5. The molecule has 0 aliphatic rings. The topological polar surface area (TPSA) is 60.2 Å². The van der Waals surface area contributed by atoms with Gasteiger partial charge in [0.2, 0.25) is 5.88 Å². The van der Waals surface area contributed by atoms with Crippen LogP contribution in [0.1, 0.15) is 24.4 Å². The molecule has 1 unspecified atom stereocenters. The molecule has 2 rings (SSSR count). The Kier molecular flexibility index (Phi) is 4.93. The van der Waals surface area contributed by atoms with Gasteiger partial charge in [-0.3, -0.25) is 0 Å². The second kappa shape index (κ2) is 6.68. The normalized spacial score (nSPS) is 12.4. The van der Waals surface area contributed by atoms with Crippen LogP contribution in [-0.4, -0.2) is 23.6 Å². The number of rotatable bonds is 6. The highest BCUT2D eigenvalue weighted by atomic mass is 79.9. The molecule has 0 saturated carbocycles. The Labute approximate surface area is 120 Å². The Morgan fingerprint density at radius 1 is 1.42 bits per heavy atom. The molecule has 0 aliphatic heterocycles. The number of methoxy groups -OCH3 is 1.